The second kappa shape index (κ2) is 6.50. The number of halogens is 1. The first-order valence-corrected chi connectivity index (χ1v) is 8.06. The van der Waals surface area contributed by atoms with Crippen molar-refractivity contribution in [3.63, 3.8) is 0 Å². The molecule has 1 aliphatic heterocycles. The number of nitrogens with zero attached hydrogens (tertiary/aromatic N) is 2. The average Bonchev–Trinajstić information content (AvgIpc) is 2.98. The second-order valence-electron chi connectivity index (χ2n) is 5.31. The van der Waals surface area contributed by atoms with E-state index in [4.69, 9.17) is 4.74 Å². The maximum atomic E-state index is 12.6. The van der Waals surface area contributed by atoms with Crippen molar-refractivity contribution in [3.8, 4) is 0 Å². The van der Waals surface area contributed by atoms with Crippen LogP contribution in [0.3, 0.4) is 0 Å². The van der Waals surface area contributed by atoms with Crippen LogP contribution in [-0.2, 0) is 16.0 Å². The van der Waals surface area contributed by atoms with Gasteiger partial charge < -0.3 is 9.64 Å². The minimum atomic E-state index is -0.854. The van der Waals surface area contributed by atoms with Crippen molar-refractivity contribution >= 4 is 33.5 Å². The number of rotatable bonds is 3. The fraction of sp³-hybridized carbons (Fsp3) is 0.235. The highest BCUT2D eigenvalue weighted by Crippen LogP contribution is 2.28. The minimum Gasteiger partial charge on any atom is -0.449 e. The van der Waals surface area contributed by atoms with Crippen molar-refractivity contribution in [2.75, 3.05) is 11.4 Å². The van der Waals surface area contributed by atoms with Gasteiger partial charge in [-0.25, -0.2) is 4.79 Å². The van der Waals surface area contributed by atoms with Crippen LogP contribution in [0.1, 0.15) is 22.8 Å². The Morgan fingerprint density at radius 1 is 1.30 bits per heavy atom. The summed E-state index contributed by atoms with van der Waals surface area (Å²) in [6.45, 7) is 2.20. The lowest BCUT2D eigenvalue weighted by Crippen LogP contribution is -2.39. The summed E-state index contributed by atoms with van der Waals surface area (Å²) in [4.78, 5) is 30.3. The van der Waals surface area contributed by atoms with E-state index in [9.17, 15) is 9.59 Å². The number of amides is 1. The summed E-state index contributed by atoms with van der Waals surface area (Å²) >= 11 is 3.25. The molecule has 0 bridgehead atoms. The summed E-state index contributed by atoms with van der Waals surface area (Å²) in [5, 5.41) is 0. The van der Waals surface area contributed by atoms with E-state index in [0.29, 0.717) is 16.6 Å². The molecule has 0 unspecified atom stereocenters. The van der Waals surface area contributed by atoms with Crippen LogP contribution >= 0.6 is 15.9 Å². The maximum absolute atomic E-state index is 12.6. The third kappa shape index (κ3) is 3.27. The largest absolute Gasteiger partial charge is 0.449 e. The molecule has 0 saturated heterocycles. The van der Waals surface area contributed by atoms with Gasteiger partial charge in [-0.3, -0.25) is 9.78 Å². The van der Waals surface area contributed by atoms with Crippen LogP contribution in [0.2, 0.25) is 0 Å². The molecule has 0 aliphatic carbocycles. The topological polar surface area (TPSA) is 59.5 Å². The molecule has 0 fully saturated rings. The molecule has 2 heterocycles. The molecule has 1 aromatic heterocycles. The molecule has 0 saturated carbocycles. The normalized spacial score (nSPS) is 14.3. The lowest BCUT2D eigenvalue weighted by molar-refractivity contribution is -0.126. The van der Waals surface area contributed by atoms with Crippen molar-refractivity contribution in [2.45, 2.75) is 19.4 Å². The Morgan fingerprint density at radius 2 is 2.09 bits per heavy atom. The Hall–Kier alpha value is -2.21. The van der Waals surface area contributed by atoms with E-state index in [2.05, 4.69) is 20.9 Å². The average molecular weight is 375 g/mol. The molecule has 0 spiro atoms. The number of carbonyl (C=O) groups excluding carboxylic acids is 2. The van der Waals surface area contributed by atoms with E-state index >= 15 is 0 Å². The number of para-hydroxylation sites is 1. The Morgan fingerprint density at radius 3 is 2.87 bits per heavy atom. The summed E-state index contributed by atoms with van der Waals surface area (Å²) < 4.78 is 5.97. The van der Waals surface area contributed by atoms with Gasteiger partial charge in [0.1, 0.15) is 0 Å². The lowest BCUT2D eigenvalue weighted by Gasteiger charge is -2.21. The number of anilines is 1. The van der Waals surface area contributed by atoms with Crippen LogP contribution in [0.15, 0.2) is 47.2 Å². The van der Waals surface area contributed by atoms with Crippen LogP contribution in [0.25, 0.3) is 0 Å². The predicted octanol–water partition coefficient (Wildman–Crippen LogP) is 2.98. The smallest absolute Gasteiger partial charge is 0.340 e. The molecule has 23 heavy (non-hydrogen) atoms. The van der Waals surface area contributed by atoms with E-state index in [1.54, 1.807) is 24.1 Å². The van der Waals surface area contributed by atoms with Gasteiger partial charge in [-0.2, -0.15) is 0 Å². The standard InChI is InChI=1S/C17H15BrN2O3/c1-11(23-17(22)13-8-14(18)10-19-9-13)16(21)20-7-6-12-4-2-3-5-15(12)20/h2-5,8-11H,6-7H2,1H3/t11-/m0/s1. The Balaban J connectivity index is 1.70. The molecule has 118 valence electrons. The second-order valence-corrected chi connectivity index (χ2v) is 6.22. The zero-order chi connectivity index (χ0) is 16.4. The van der Waals surface area contributed by atoms with E-state index in [-0.39, 0.29) is 5.91 Å². The van der Waals surface area contributed by atoms with E-state index in [0.717, 1.165) is 17.7 Å². The molecule has 1 aliphatic rings. The van der Waals surface area contributed by atoms with E-state index in [1.807, 2.05) is 24.3 Å². The molecular formula is C17H15BrN2O3. The Kier molecular flexibility index (Phi) is 4.43. The number of pyridine rings is 1. The molecule has 6 heteroatoms. The van der Waals surface area contributed by atoms with E-state index in [1.165, 1.54) is 6.20 Å². The van der Waals surface area contributed by atoms with Gasteiger partial charge in [0.05, 0.1) is 5.56 Å². The van der Waals surface area contributed by atoms with Gasteiger partial charge in [0.15, 0.2) is 6.10 Å². The first kappa shape index (κ1) is 15.7. The fourth-order valence-corrected chi connectivity index (χ4v) is 2.95. The minimum absolute atomic E-state index is 0.216. The summed E-state index contributed by atoms with van der Waals surface area (Å²) in [7, 11) is 0. The van der Waals surface area contributed by atoms with Gasteiger partial charge >= 0.3 is 5.97 Å². The van der Waals surface area contributed by atoms with Gasteiger partial charge in [-0.05, 0) is 47.0 Å². The van der Waals surface area contributed by atoms with Crippen LogP contribution < -0.4 is 4.90 Å². The number of hydrogen-bond acceptors (Lipinski definition) is 4. The molecule has 0 N–H and O–H groups in total. The van der Waals surface area contributed by atoms with Gasteiger partial charge in [0, 0.05) is 29.1 Å². The summed E-state index contributed by atoms with van der Waals surface area (Å²) in [5.74, 6) is -0.779. The number of fused-ring (bicyclic) bond motifs is 1. The highest BCUT2D eigenvalue weighted by Gasteiger charge is 2.29. The molecule has 2 aromatic rings. The van der Waals surface area contributed by atoms with Crippen LogP contribution in [0.4, 0.5) is 5.69 Å². The van der Waals surface area contributed by atoms with Crippen LogP contribution in [-0.4, -0.2) is 29.5 Å². The third-order valence-corrected chi connectivity index (χ3v) is 4.16. The highest BCUT2D eigenvalue weighted by molar-refractivity contribution is 9.10. The Bertz CT molecular complexity index is 763. The number of carbonyl (C=O) groups is 2. The van der Waals surface area contributed by atoms with Crippen molar-refractivity contribution in [1.29, 1.82) is 0 Å². The molecule has 3 rings (SSSR count). The molecule has 5 nitrogen and oxygen atoms in total. The van der Waals surface area contributed by atoms with Crippen molar-refractivity contribution in [3.05, 3.63) is 58.3 Å². The monoisotopic (exact) mass is 374 g/mol. The summed E-state index contributed by atoms with van der Waals surface area (Å²) in [6, 6.07) is 9.38. The SMILES string of the molecule is C[C@H](OC(=O)c1cncc(Br)c1)C(=O)N1CCc2ccccc21. The number of benzene rings is 1. The molecule has 0 radical (unpaired) electrons. The van der Waals surface area contributed by atoms with Crippen molar-refractivity contribution in [1.82, 2.24) is 4.98 Å². The molecule has 1 atom stereocenters. The predicted molar refractivity (Wildman–Crippen MR) is 89.3 cm³/mol. The quantitative estimate of drug-likeness (QED) is 0.774. The van der Waals surface area contributed by atoms with Gasteiger partial charge in [0.25, 0.3) is 5.91 Å². The van der Waals surface area contributed by atoms with Gasteiger partial charge in [-0.15, -0.1) is 0 Å². The van der Waals surface area contributed by atoms with Crippen LogP contribution in [0, 0.1) is 0 Å². The zero-order valence-electron chi connectivity index (χ0n) is 12.5. The number of esters is 1. The fourth-order valence-electron chi connectivity index (χ4n) is 2.59. The molecule has 1 aromatic carbocycles. The van der Waals surface area contributed by atoms with Crippen molar-refractivity contribution in [2.24, 2.45) is 0 Å². The summed E-state index contributed by atoms with van der Waals surface area (Å²) in [5.41, 5.74) is 2.33. The zero-order valence-corrected chi connectivity index (χ0v) is 14.1. The van der Waals surface area contributed by atoms with Gasteiger partial charge in [0.2, 0.25) is 0 Å². The third-order valence-electron chi connectivity index (χ3n) is 3.73. The first-order valence-electron chi connectivity index (χ1n) is 7.27. The lowest BCUT2D eigenvalue weighted by atomic mass is 10.2. The van der Waals surface area contributed by atoms with E-state index < -0.39 is 12.1 Å². The van der Waals surface area contributed by atoms with Gasteiger partial charge in [-0.1, -0.05) is 18.2 Å². The number of ether oxygens (including phenoxy) is 1. The van der Waals surface area contributed by atoms with Crippen LogP contribution in [0.5, 0.6) is 0 Å². The maximum Gasteiger partial charge on any atom is 0.340 e. The number of hydrogen-bond donors (Lipinski definition) is 0. The first-order chi connectivity index (χ1) is 11.1. The Labute approximate surface area is 142 Å². The van der Waals surface area contributed by atoms with Crippen molar-refractivity contribution < 1.29 is 14.3 Å². The molecular weight excluding hydrogens is 360 g/mol. The highest BCUT2D eigenvalue weighted by atomic mass is 79.9. The number of aromatic nitrogens is 1. The molecule has 1 amide bonds. The summed E-state index contributed by atoms with van der Waals surface area (Å²) in [6.07, 6.45) is 2.95.